The van der Waals surface area contributed by atoms with E-state index in [1.165, 1.54) is 5.56 Å². The summed E-state index contributed by atoms with van der Waals surface area (Å²) in [6.07, 6.45) is 1.82. The van der Waals surface area contributed by atoms with Crippen molar-refractivity contribution in [3.8, 4) is 5.69 Å². The van der Waals surface area contributed by atoms with E-state index in [2.05, 4.69) is 46.2 Å². The fourth-order valence-electron chi connectivity index (χ4n) is 1.67. The second-order valence-corrected chi connectivity index (χ2v) is 4.68. The highest BCUT2D eigenvalue weighted by molar-refractivity contribution is 9.10. The summed E-state index contributed by atoms with van der Waals surface area (Å²) in [4.78, 5) is 0. The fourth-order valence-corrected chi connectivity index (χ4v) is 2.33. The Hall–Kier alpha value is -1.13. The van der Waals surface area contributed by atoms with Gasteiger partial charge in [-0.3, -0.25) is 0 Å². The van der Waals surface area contributed by atoms with Gasteiger partial charge >= 0.3 is 0 Å². The minimum Gasteiger partial charge on any atom is -0.326 e. The van der Waals surface area contributed by atoms with E-state index < -0.39 is 0 Å². The highest BCUT2D eigenvalue weighted by Gasteiger charge is 2.09. The summed E-state index contributed by atoms with van der Waals surface area (Å²) in [6, 6.07) is 6.21. The van der Waals surface area contributed by atoms with E-state index >= 15 is 0 Å². The maximum atomic E-state index is 5.64. The largest absolute Gasteiger partial charge is 0.326 e. The summed E-state index contributed by atoms with van der Waals surface area (Å²) < 4.78 is 2.95. The second-order valence-electron chi connectivity index (χ2n) is 3.83. The van der Waals surface area contributed by atoms with E-state index in [1.54, 1.807) is 0 Å². The molecule has 84 valence electrons. The van der Waals surface area contributed by atoms with Crippen molar-refractivity contribution in [3.05, 3.63) is 45.7 Å². The van der Waals surface area contributed by atoms with Gasteiger partial charge in [-0.25, -0.2) is 4.68 Å². The van der Waals surface area contributed by atoms with Crippen molar-refractivity contribution < 1.29 is 0 Å². The Balaban J connectivity index is 2.54. The number of hydrogen-bond acceptors (Lipinski definition) is 2. The highest BCUT2D eigenvalue weighted by Crippen LogP contribution is 2.23. The molecular formula is C12H14BrN3. The van der Waals surface area contributed by atoms with E-state index in [1.807, 2.05) is 17.8 Å². The zero-order valence-electron chi connectivity index (χ0n) is 9.37. The average molecular weight is 280 g/mol. The van der Waals surface area contributed by atoms with E-state index in [4.69, 9.17) is 5.73 Å². The fraction of sp³-hybridized carbons (Fsp3) is 0.250. The van der Waals surface area contributed by atoms with Crippen LogP contribution >= 0.6 is 15.9 Å². The Bertz CT molecular complexity index is 517. The van der Waals surface area contributed by atoms with Gasteiger partial charge in [-0.15, -0.1) is 0 Å². The normalized spacial score (nSPS) is 10.8. The van der Waals surface area contributed by atoms with Gasteiger partial charge in [-0.1, -0.05) is 6.07 Å². The number of nitrogens with zero attached hydrogens (tertiary/aromatic N) is 2. The summed E-state index contributed by atoms with van der Waals surface area (Å²) >= 11 is 3.56. The van der Waals surface area contributed by atoms with Gasteiger partial charge in [0.05, 0.1) is 11.9 Å². The van der Waals surface area contributed by atoms with Crippen LogP contribution in [0.3, 0.4) is 0 Å². The Labute approximate surface area is 103 Å². The molecule has 3 nitrogen and oxygen atoms in total. The van der Waals surface area contributed by atoms with Crippen LogP contribution in [0, 0.1) is 13.8 Å². The lowest BCUT2D eigenvalue weighted by atomic mass is 10.2. The van der Waals surface area contributed by atoms with Crippen molar-refractivity contribution >= 4 is 15.9 Å². The Morgan fingerprint density at radius 1 is 1.38 bits per heavy atom. The van der Waals surface area contributed by atoms with Gasteiger partial charge in [-0.05, 0) is 47.5 Å². The number of aryl methyl sites for hydroxylation is 1. The summed E-state index contributed by atoms with van der Waals surface area (Å²) in [5.74, 6) is 0. The molecule has 2 N–H and O–H groups in total. The first kappa shape index (κ1) is 11.4. The van der Waals surface area contributed by atoms with Crippen molar-refractivity contribution in [1.82, 2.24) is 9.78 Å². The maximum absolute atomic E-state index is 5.64. The molecule has 0 amide bonds. The average Bonchev–Trinajstić information content (AvgIpc) is 2.60. The summed E-state index contributed by atoms with van der Waals surface area (Å²) in [5.41, 5.74) is 10.1. The third-order valence-electron chi connectivity index (χ3n) is 2.66. The lowest BCUT2D eigenvalue weighted by Gasteiger charge is -2.08. The molecule has 2 rings (SSSR count). The molecule has 0 spiro atoms. The van der Waals surface area contributed by atoms with Crippen LogP contribution in [0.25, 0.3) is 5.69 Å². The van der Waals surface area contributed by atoms with Gasteiger partial charge in [0.25, 0.3) is 0 Å². The quantitative estimate of drug-likeness (QED) is 0.919. The van der Waals surface area contributed by atoms with Crippen LogP contribution < -0.4 is 5.73 Å². The molecule has 4 heteroatoms. The van der Waals surface area contributed by atoms with Crippen LogP contribution in [-0.4, -0.2) is 9.78 Å². The van der Waals surface area contributed by atoms with Crippen LogP contribution in [-0.2, 0) is 6.54 Å². The zero-order valence-corrected chi connectivity index (χ0v) is 11.0. The third-order valence-corrected chi connectivity index (χ3v) is 3.30. The van der Waals surface area contributed by atoms with Crippen molar-refractivity contribution in [3.63, 3.8) is 0 Å². The first-order valence-electron chi connectivity index (χ1n) is 5.13. The monoisotopic (exact) mass is 279 g/mol. The number of hydrogen-bond donors (Lipinski definition) is 1. The molecule has 1 aromatic heterocycles. The Kier molecular flexibility index (Phi) is 3.12. The van der Waals surface area contributed by atoms with Gasteiger partial charge in [0.1, 0.15) is 0 Å². The van der Waals surface area contributed by atoms with E-state index in [0.29, 0.717) is 6.54 Å². The number of nitrogens with two attached hydrogens (primary N) is 1. The molecule has 16 heavy (non-hydrogen) atoms. The van der Waals surface area contributed by atoms with E-state index in [-0.39, 0.29) is 0 Å². The van der Waals surface area contributed by atoms with E-state index in [9.17, 15) is 0 Å². The summed E-state index contributed by atoms with van der Waals surface area (Å²) in [7, 11) is 0. The van der Waals surface area contributed by atoms with Crippen molar-refractivity contribution in [2.24, 2.45) is 5.73 Å². The lowest BCUT2D eigenvalue weighted by molar-refractivity contribution is 0.839. The van der Waals surface area contributed by atoms with Gasteiger partial charge in [0.15, 0.2) is 0 Å². The number of halogens is 1. The zero-order chi connectivity index (χ0) is 11.7. The molecule has 0 aliphatic carbocycles. The topological polar surface area (TPSA) is 43.8 Å². The van der Waals surface area contributed by atoms with Crippen molar-refractivity contribution in [2.75, 3.05) is 0 Å². The van der Waals surface area contributed by atoms with Gasteiger partial charge in [0.2, 0.25) is 0 Å². The molecule has 0 saturated heterocycles. The van der Waals surface area contributed by atoms with Gasteiger partial charge in [-0.2, -0.15) is 5.10 Å². The SMILES string of the molecule is Cc1ccc(-n2ncc(CN)c2C)c(Br)c1. The first-order valence-corrected chi connectivity index (χ1v) is 5.93. The molecule has 0 saturated carbocycles. The molecule has 0 radical (unpaired) electrons. The molecule has 0 bridgehead atoms. The molecule has 2 aromatic rings. The smallest absolute Gasteiger partial charge is 0.0790 e. The molecular weight excluding hydrogens is 266 g/mol. The number of benzene rings is 1. The molecule has 0 aliphatic rings. The molecule has 0 fully saturated rings. The third kappa shape index (κ3) is 1.90. The second kappa shape index (κ2) is 4.39. The molecule has 1 heterocycles. The van der Waals surface area contributed by atoms with Crippen LogP contribution in [0.15, 0.2) is 28.9 Å². The lowest BCUT2D eigenvalue weighted by Crippen LogP contribution is -2.02. The summed E-state index contributed by atoms with van der Waals surface area (Å²) in [5, 5.41) is 4.35. The molecule has 0 aliphatic heterocycles. The highest BCUT2D eigenvalue weighted by atomic mass is 79.9. The summed E-state index contributed by atoms with van der Waals surface area (Å²) in [6.45, 7) is 4.62. The van der Waals surface area contributed by atoms with Crippen LogP contribution in [0.2, 0.25) is 0 Å². The predicted octanol–water partition coefficient (Wildman–Crippen LogP) is 2.71. The van der Waals surface area contributed by atoms with Crippen molar-refractivity contribution in [2.45, 2.75) is 20.4 Å². The molecule has 1 aromatic carbocycles. The number of rotatable bonds is 2. The maximum Gasteiger partial charge on any atom is 0.0790 e. The minimum atomic E-state index is 0.523. The van der Waals surface area contributed by atoms with Gasteiger partial charge in [0, 0.05) is 22.3 Å². The van der Waals surface area contributed by atoms with Crippen LogP contribution in [0.5, 0.6) is 0 Å². The Morgan fingerprint density at radius 2 is 2.12 bits per heavy atom. The molecule has 0 unspecified atom stereocenters. The predicted molar refractivity (Wildman–Crippen MR) is 68.6 cm³/mol. The van der Waals surface area contributed by atoms with Crippen molar-refractivity contribution in [1.29, 1.82) is 0 Å². The van der Waals surface area contributed by atoms with E-state index in [0.717, 1.165) is 21.4 Å². The number of aromatic nitrogens is 2. The van der Waals surface area contributed by atoms with Gasteiger partial charge < -0.3 is 5.73 Å². The minimum absolute atomic E-state index is 0.523. The molecule has 0 atom stereocenters. The first-order chi connectivity index (χ1) is 7.63. The van der Waals surface area contributed by atoms with Crippen LogP contribution in [0.4, 0.5) is 0 Å². The Morgan fingerprint density at radius 3 is 2.69 bits per heavy atom. The van der Waals surface area contributed by atoms with Crippen LogP contribution in [0.1, 0.15) is 16.8 Å². The standard InChI is InChI=1S/C12H14BrN3/c1-8-3-4-12(11(13)5-8)16-9(2)10(6-14)7-15-16/h3-5,7H,6,14H2,1-2H3.